The number of benzene rings is 1. The van der Waals surface area contributed by atoms with Gasteiger partial charge in [-0.25, -0.2) is 4.79 Å². The van der Waals surface area contributed by atoms with Gasteiger partial charge in [-0.3, -0.25) is 19.0 Å². The SMILES string of the molecule is CCc1c(C(=O)c2cc(C)cc(C)c2)[nH]c(=O)n(CC(C)=O)c1=O. The Morgan fingerprint density at radius 2 is 1.67 bits per heavy atom. The Hall–Kier alpha value is -2.76. The minimum atomic E-state index is -0.750. The van der Waals surface area contributed by atoms with Gasteiger partial charge < -0.3 is 4.98 Å². The minimum Gasteiger partial charge on any atom is -0.303 e. The van der Waals surface area contributed by atoms with E-state index in [1.54, 1.807) is 19.1 Å². The summed E-state index contributed by atoms with van der Waals surface area (Å²) < 4.78 is 0.833. The van der Waals surface area contributed by atoms with E-state index in [0.29, 0.717) is 5.56 Å². The third kappa shape index (κ3) is 3.42. The van der Waals surface area contributed by atoms with E-state index in [1.807, 2.05) is 19.9 Å². The molecular formula is C18H20N2O4. The van der Waals surface area contributed by atoms with Crippen LogP contribution in [0.25, 0.3) is 0 Å². The van der Waals surface area contributed by atoms with Crippen molar-refractivity contribution >= 4 is 11.6 Å². The molecule has 0 saturated carbocycles. The van der Waals surface area contributed by atoms with Crippen molar-refractivity contribution in [3.05, 3.63) is 67.0 Å². The van der Waals surface area contributed by atoms with Crippen molar-refractivity contribution in [2.24, 2.45) is 0 Å². The van der Waals surface area contributed by atoms with Crippen molar-refractivity contribution in [3.8, 4) is 0 Å². The Morgan fingerprint density at radius 1 is 1.08 bits per heavy atom. The molecule has 0 atom stereocenters. The third-order valence-corrected chi connectivity index (χ3v) is 3.73. The van der Waals surface area contributed by atoms with Crippen LogP contribution in [0.3, 0.4) is 0 Å². The summed E-state index contributed by atoms with van der Waals surface area (Å²) in [5.74, 6) is -0.708. The van der Waals surface area contributed by atoms with Gasteiger partial charge in [-0.2, -0.15) is 0 Å². The second-order valence-corrected chi connectivity index (χ2v) is 5.94. The molecule has 0 saturated heterocycles. The Bertz CT molecular complexity index is 915. The Labute approximate surface area is 139 Å². The molecule has 6 heteroatoms. The van der Waals surface area contributed by atoms with Gasteiger partial charge in [0.05, 0.1) is 12.2 Å². The van der Waals surface area contributed by atoms with E-state index >= 15 is 0 Å². The lowest BCUT2D eigenvalue weighted by Gasteiger charge is -2.11. The number of nitrogens with zero attached hydrogens (tertiary/aromatic N) is 1. The van der Waals surface area contributed by atoms with Gasteiger partial charge in [-0.15, -0.1) is 0 Å². The smallest absolute Gasteiger partial charge is 0.303 e. The normalized spacial score (nSPS) is 10.7. The number of aromatic nitrogens is 2. The quantitative estimate of drug-likeness (QED) is 0.843. The topological polar surface area (TPSA) is 89.0 Å². The van der Waals surface area contributed by atoms with Crippen LogP contribution < -0.4 is 11.2 Å². The Balaban J connectivity index is 2.66. The van der Waals surface area contributed by atoms with Crippen LogP contribution in [0.5, 0.6) is 0 Å². The molecule has 0 aliphatic rings. The van der Waals surface area contributed by atoms with Crippen LogP contribution in [-0.4, -0.2) is 21.1 Å². The number of hydrogen-bond acceptors (Lipinski definition) is 4. The molecule has 0 aliphatic heterocycles. The van der Waals surface area contributed by atoms with E-state index in [-0.39, 0.29) is 30.0 Å². The van der Waals surface area contributed by atoms with Crippen molar-refractivity contribution in [2.45, 2.75) is 40.7 Å². The van der Waals surface area contributed by atoms with Crippen molar-refractivity contribution in [3.63, 3.8) is 0 Å². The van der Waals surface area contributed by atoms with Crippen LogP contribution in [-0.2, 0) is 17.8 Å². The number of hydrogen-bond donors (Lipinski definition) is 1. The maximum atomic E-state index is 12.8. The second-order valence-electron chi connectivity index (χ2n) is 5.94. The fourth-order valence-electron chi connectivity index (χ4n) is 2.75. The van der Waals surface area contributed by atoms with E-state index < -0.39 is 17.0 Å². The number of Topliss-reactive ketones (excluding diaryl/α,β-unsaturated/α-hetero) is 1. The summed E-state index contributed by atoms with van der Waals surface area (Å²) in [5, 5.41) is 0. The van der Waals surface area contributed by atoms with E-state index in [9.17, 15) is 19.2 Å². The van der Waals surface area contributed by atoms with E-state index in [4.69, 9.17) is 0 Å². The first-order valence-corrected chi connectivity index (χ1v) is 7.73. The van der Waals surface area contributed by atoms with E-state index in [1.165, 1.54) is 6.92 Å². The van der Waals surface area contributed by atoms with Crippen molar-refractivity contribution in [2.75, 3.05) is 0 Å². The van der Waals surface area contributed by atoms with E-state index in [2.05, 4.69) is 4.98 Å². The first kappa shape index (κ1) is 17.6. The summed E-state index contributed by atoms with van der Waals surface area (Å²) in [6.07, 6.45) is 0.277. The highest BCUT2D eigenvalue weighted by molar-refractivity contribution is 6.08. The maximum absolute atomic E-state index is 12.8. The number of nitrogens with one attached hydrogen (secondary N) is 1. The number of aryl methyl sites for hydroxylation is 2. The molecule has 0 aliphatic carbocycles. The molecular weight excluding hydrogens is 308 g/mol. The molecule has 2 aromatic rings. The number of H-pyrrole nitrogens is 1. The molecule has 0 radical (unpaired) electrons. The molecule has 0 spiro atoms. The van der Waals surface area contributed by atoms with Gasteiger partial charge >= 0.3 is 5.69 Å². The average Bonchev–Trinajstić information content (AvgIpc) is 2.49. The zero-order valence-electron chi connectivity index (χ0n) is 14.2. The van der Waals surface area contributed by atoms with Gasteiger partial charge in [0.2, 0.25) is 5.78 Å². The van der Waals surface area contributed by atoms with Crippen molar-refractivity contribution in [1.82, 2.24) is 9.55 Å². The average molecular weight is 328 g/mol. The first-order chi connectivity index (χ1) is 11.2. The van der Waals surface area contributed by atoms with Gasteiger partial charge in [0.25, 0.3) is 5.56 Å². The first-order valence-electron chi connectivity index (χ1n) is 7.73. The van der Waals surface area contributed by atoms with Crippen LogP contribution >= 0.6 is 0 Å². The lowest BCUT2D eigenvalue weighted by atomic mass is 9.99. The van der Waals surface area contributed by atoms with Crippen LogP contribution in [0.2, 0.25) is 0 Å². The summed E-state index contributed by atoms with van der Waals surface area (Å²) >= 11 is 0. The molecule has 1 aromatic heterocycles. The van der Waals surface area contributed by atoms with Crippen LogP contribution in [0.1, 0.15) is 46.6 Å². The van der Waals surface area contributed by atoms with E-state index in [0.717, 1.165) is 15.7 Å². The van der Waals surface area contributed by atoms with Gasteiger partial charge in [0.15, 0.2) is 0 Å². The zero-order valence-corrected chi connectivity index (χ0v) is 14.2. The number of rotatable bonds is 5. The summed E-state index contributed by atoms with van der Waals surface area (Å²) in [4.78, 5) is 51.1. The highest BCUT2D eigenvalue weighted by Gasteiger charge is 2.20. The molecule has 0 bridgehead atoms. The van der Waals surface area contributed by atoms with Crippen molar-refractivity contribution < 1.29 is 9.59 Å². The summed E-state index contributed by atoms with van der Waals surface area (Å²) in [6.45, 7) is 6.47. The van der Waals surface area contributed by atoms with Gasteiger partial charge in [0.1, 0.15) is 5.78 Å². The molecule has 1 N–H and O–H groups in total. The predicted octanol–water partition coefficient (Wildman–Crippen LogP) is 1.54. The van der Waals surface area contributed by atoms with Crippen LogP contribution in [0, 0.1) is 13.8 Å². The second kappa shape index (κ2) is 6.78. The number of carbonyl (C=O) groups excluding carboxylic acids is 2. The monoisotopic (exact) mass is 328 g/mol. The van der Waals surface area contributed by atoms with Crippen molar-refractivity contribution in [1.29, 1.82) is 0 Å². The summed E-state index contributed by atoms with van der Waals surface area (Å²) in [6, 6.07) is 5.37. The molecule has 1 heterocycles. The minimum absolute atomic E-state index is 0.00250. The molecule has 126 valence electrons. The largest absolute Gasteiger partial charge is 0.329 e. The third-order valence-electron chi connectivity index (χ3n) is 3.73. The lowest BCUT2D eigenvalue weighted by molar-refractivity contribution is -0.117. The molecule has 0 unspecified atom stereocenters. The molecule has 0 fully saturated rings. The number of ketones is 2. The number of carbonyl (C=O) groups is 2. The van der Waals surface area contributed by atoms with Gasteiger partial charge in [-0.05, 0) is 39.3 Å². The highest BCUT2D eigenvalue weighted by atomic mass is 16.2. The van der Waals surface area contributed by atoms with Gasteiger partial charge in [0, 0.05) is 11.1 Å². The molecule has 0 amide bonds. The fraction of sp³-hybridized carbons (Fsp3) is 0.333. The summed E-state index contributed by atoms with van der Waals surface area (Å²) in [5.41, 5.74) is 1.12. The maximum Gasteiger partial charge on any atom is 0.329 e. The van der Waals surface area contributed by atoms with Gasteiger partial charge in [-0.1, -0.05) is 24.1 Å². The fourth-order valence-corrected chi connectivity index (χ4v) is 2.75. The van der Waals surface area contributed by atoms with Crippen LogP contribution in [0.15, 0.2) is 27.8 Å². The Morgan fingerprint density at radius 3 is 2.17 bits per heavy atom. The predicted molar refractivity (Wildman–Crippen MR) is 90.7 cm³/mol. The zero-order chi connectivity index (χ0) is 18.0. The lowest BCUT2D eigenvalue weighted by Crippen LogP contribution is -2.41. The van der Waals surface area contributed by atoms with Crippen LogP contribution in [0.4, 0.5) is 0 Å². The number of aromatic amines is 1. The molecule has 1 aromatic carbocycles. The standard InChI is InChI=1S/C18H20N2O4/c1-5-14-15(16(22)13-7-10(2)6-11(3)8-13)19-18(24)20(17(14)23)9-12(4)21/h6-8H,5,9H2,1-4H3,(H,19,24). The molecule has 2 rings (SSSR count). The Kier molecular flexibility index (Phi) is 4.97. The molecule has 24 heavy (non-hydrogen) atoms. The summed E-state index contributed by atoms with van der Waals surface area (Å²) in [7, 11) is 0. The highest BCUT2D eigenvalue weighted by Crippen LogP contribution is 2.14. The molecule has 6 nitrogen and oxygen atoms in total.